The van der Waals surface area contributed by atoms with Crippen LogP contribution in [-0.4, -0.2) is 39.1 Å². The van der Waals surface area contributed by atoms with Crippen LogP contribution in [0.3, 0.4) is 0 Å². The summed E-state index contributed by atoms with van der Waals surface area (Å²) in [5.41, 5.74) is 0.437. The van der Waals surface area contributed by atoms with Gasteiger partial charge in [-0.1, -0.05) is 13.8 Å². The number of anilines is 2. The number of sulfonamides is 1. The van der Waals surface area contributed by atoms with Crippen molar-refractivity contribution in [2.75, 3.05) is 29.3 Å². The molecule has 6 nitrogen and oxygen atoms in total. The van der Waals surface area contributed by atoms with Crippen molar-refractivity contribution in [3.05, 3.63) is 48.4 Å². The van der Waals surface area contributed by atoms with E-state index in [-0.39, 0.29) is 10.8 Å². The van der Waals surface area contributed by atoms with Gasteiger partial charge in [-0.25, -0.2) is 17.8 Å². The normalized spacial score (nSPS) is 15.6. The molecule has 0 radical (unpaired) electrons. The third kappa shape index (κ3) is 4.99. The van der Waals surface area contributed by atoms with Gasteiger partial charge in [-0.2, -0.15) is 0 Å². The lowest BCUT2D eigenvalue weighted by Gasteiger charge is -2.26. The summed E-state index contributed by atoms with van der Waals surface area (Å²) in [5.74, 6) is 0.373. The molecule has 0 spiro atoms. The van der Waals surface area contributed by atoms with E-state index in [0.29, 0.717) is 24.1 Å². The van der Waals surface area contributed by atoms with E-state index in [1.165, 1.54) is 34.8 Å². The van der Waals surface area contributed by atoms with Crippen molar-refractivity contribution >= 4 is 21.5 Å². The highest BCUT2D eigenvalue weighted by atomic mass is 32.2. The van der Waals surface area contributed by atoms with E-state index in [0.717, 1.165) is 25.9 Å². The Labute approximate surface area is 166 Å². The molecule has 2 aromatic rings. The van der Waals surface area contributed by atoms with Crippen LogP contribution in [0, 0.1) is 11.7 Å². The monoisotopic (exact) mass is 406 g/mol. The molecule has 3 rings (SSSR count). The van der Waals surface area contributed by atoms with Crippen molar-refractivity contribution in [3.63, 3.8) is 0 Å². The Hall–Kier alpha value is -2.19. The zero-order valence-corrected chi connectivity index (χ0v) is 17.0. The molecule has 1 fully saturated rings. The Balaban J connectivity index is 1.82. The van der Waals surface area contributed by atoms with Gasteiger partial charge in [-0.15, -0.1) is 0 Å². The Morgan fingerprint density at radius 2 is 1.86 bits per heavy atom. The molecule has 1 saturated heterocycles. The van der Waals surface area contributed by atoms with Crippen LogP contribution in [0.15, 0.2) is 47.5 Å². The molecule has 152 valence electrons. The summed E-state index contributed by atoms with van der Waals surface area (Å²) in [5, 5.41) is 6.67. The van der Waals surface area contributed by atoms with Gasteiger partial charge in [0.2, 0.25) is 0 Å². The maximum atomic E-state index is 13.3. The average Bonchev–Trinajstić information content (AvgIpc) is 2.68. The first-order valence-corrected chi connectivity index (χ1v) is 11.0. The number of halogens is 1. The minimum absolute atomic E-state index is 0.105. The van der Waals surface area contributed by atoms with Gasteiger partial charge >= 0.3 is 0 Å². The van der Waals surface area contributed by atoms with Gasteiger partial charge in [0.15, 0.2) is 0 Å². The summed E-state index contributed by atoms with van der Waals surface area (Å²) in [6.07, 6.45) is 3.40. The molecular weight excluding hydrogens is 379 g/mol. The number of hydrogen-bond acceptors (Lipinski definition) is 5. The zero-order chi connectivity index (χ0) is 20.1. The van der Waals surface area contributed by atoms with Crippen LogP contribution in [0.25, 0.3) is 0 Å². The SMILES string of the molecule is CC(C)CN(c1ccc(F)cc1)S(=O)(=O)c1ccc(NC2CCNCC2)nc1. The molecule has 0 unspecified atom stereocenters. The van der Waals surface area contributed by atoms with Crippen molar-refractivity contribution in [1.29, 1.82) is 0 Å². The zero-order valence-electron chi connectivity index (χ0n) is 16.2. The predicted octanol–water partition coefficient (Wildman–Crippen LogP) is 3.24. The van der Waals surface area contributed by atoms with Gasteiger partial charge in [0.05, 0.1) is 5.69 Å². The van der Waals surface area contributed by atoms with Crippen LogP contribution in [0.1, 0.15) is 26.7 Å². The number of hydrogen-bond donors (Lipinski definition) is 2. The van der Waals surface area contributed by atoms with Gasteiger partial charge in [0.1, 0.15) is 16.5 Å². The summed E-state index contributed by atoms with van der Waals surface area (Å²) in [6, 6.07) is 9.11. The van der Waals surface area contributed by atoms with Gasteiger partial charge in [-0.3, -0.25) is 4.31 Å². The smallest absolute Gasteiger partial charge is 0.265 e. The largest absolute Gasteiger partial charge is 0.367 e. The number of rotatable bonds is 7. The van der Waals surface area contributed by atoms with Crippen LogP contribution in [0.4, 0.5) is 15.9 Å². The molecule has 0 aliphatic carbocycles. The van der Waals surface area contributed by atoms with E-state index in [9.17, 15) is 12.8 Å². The van der Waals surface area contributed by atoms with Crippen molar-refractivity contribution in [3.8, 4) is 0 Å². The molecule has 2 N–H and O–H groups in total. The Bertz CT molecular complexity index is 864. The lowest BCUT2D eigenvalue weighted by atomic mass is 10.1. The van der Waals surface area contributed by atoms with E-state index in [2.05, 4.69) is 15.6 Å². The van der Waals surface area contributed by atoms with E-state index >= 15 is 0 Å². The lowest BCUT2D eigenvalue weighted by Crippen LogP contribution is -2.35. The summed E-state index contributed by atoms with van der Waals surface area (Å²) in [7, 11) is -3.80. The molecule has 1 aliphatic rings. The van der Waals surface area contributed by atoms with Crippen molar-refractivity contribution < 1.29 is 12.8 Å². The summed E-state index contributed by atoms with van der Waals surface area (Å²) < 4.78 is 41.0. The molecule has 1 aromatic carbocycles. The predicted molar refractivity (Wildman–Crippen MR) is 110 cm³/mol. The number of nitrogens with one attached hydrogen (secondary N) is 2. The molecule has 0 saturated carbocycles. The second kappa shape index (κ2) is 8.87. The Morgan fingerprint density at radius 3 is 2.43 bits per heavy atom. The van der Waals surface area contributed by atoms with Crippen molar-refractivity contribution in [2.45, 2.75) is 37.6 Å². The minimum atomic E-state index is -3.80. The van der Waals surface area contributed by atoms with E-state index < -0.39 is 15.8 Å². The highest BCUT2D eigenvalue weighted by molar-refractivity contribution is 7.92. The fourth-order valence-corrected chi connectivity index (χ4v) is 4.78. The summed E-state index contributed by atoms with van der Waals surface area (Å²) in [4.78, 5) is 4.43. The van der Waals surface area contributed by atoms with Gasteiger partial charge in [0, 0.05) is 18.8 Å². The molecule has 0 bridgehead atoms. The van der Waals surface area contributed by atoms with Crippen LogP contribution >= 0.6 is 0 Å². The molecule has 1 aliphatic heterocycles. The Morgan fingerprint density at radius 1 is 1.18 bits per heavy atom. The van der Waals surface area contributed by atoms with Crippen LogP contribution < -0.4 is 14.9 Å². The maximum absolute atomic E-state index is 13.3. The number of nitrogens with zero attached hydrogens (tertiary/aromatic N) is 2. The molecule has 0 atom stereocenters. The minimum Gasteiger partial charge on any atom is -0.367 e. The Kier molecular flexibility index (Phi) is 6.51. The highest BCUT2D eigenvalue weighted by Gasteiger charge is 2.26. The quantitative estimate of drug-likeness (QED) is 0.738. The lowest BCUT2D eigenvalue weighted by molar-refractivity contribution is 0.478. The van der Waals surface area contributed by atoms with Gasteiger partial charge in [0.25, 0.3) is 10.0 Å². The van der Waals surface area contributed by atoms with Crippen molar-refractivity contribution in [1.82, 2.24) is 10.3 Å². The molecular formula is C20H27FN4O2S. The third-order valence-electron chi connectivity index (χ3n) is 4.66. The topological polar surface area (TPSA) is 74.3 Å². The third-order valence-corrected chi connectivity index (χ3v) is 6.44. The van der Waals surface area contributed by atoms with E-state index in [4.69, 9.17) is 0 Å². The number of aromatic nitrogens is 1. The van der Waals surface area contributed by atoms with E-state index in [1.807, 2.05) is 13.8 Å². The first-order valence-electron chi connectivity index (χ1n) is 9.58. The van der Waals surface area contributed by atoms with Crippen LogP contribution in [0.2, 0.25) is 0 Å². The van der Waals surface area contributed by atoms with E-state index in [1.54, 1.807) is 12.1 Å². The molecule has 2 heterocycles. The summed E-state index contributed by atoms with van der Waals surface area (Å²) >= 11 is 0. The number of benzene rings is 1. The first-order chi connectivity index (χ1) is 13.4. The molecule has 1 aromatic heterocycles. The van der Waals surface area contributed by atoms with Gasteiger partial charge in [-0.05, 0) is 68.2 Å². The first kappa shape index (κ1) is 20.5. The second-order valence-corrected chi connectivity index (χ2v) is 9.32. The fourth-order valence-electron chi connectivity index (χ4n) is 3.20. The van der Waals surface area contributed by atoms with Crippen LogP contribution in [0.5, 0.6) is 0 Å². The number of pyridine rings is 1. The van der Waals surface area contributed by atoms with Crippen LogP contribution in [-0.2, 0) is 10.0 Å². The summed E-state index contributed by atoms with van der Waals surface area (Å²) in [6.45, 7) is 6.10. The molecule has 8 heteroatoms. The number of piperidine rings is 1. The average molecular weight is 407 g/mol. The molecule has 28 heavy (non-hydrogen) atoms. The van der Waals surface area contributed by atoms with Gasteiger partial charge < -0.3 is 10.6 Å². The van der Waals surface area contributed by atoms with Crippen molar-refractivity contribution in [2.24, 2.45) is 5.92 Å². The fraction of sp³-hybridized carbons (Fsp3) is 0.450. The second-order valence-electron chi connectivity index (χ2n) is 7.45. The highest BCUT2D eigenvalue weighted by Crippen LogP contribution is 2.25. The molecule has 0 amide bonds. The maximum Gasteiger partial charge on any atom is 0.265 e. The standard InChI is InChI=1S/C20H27FN4O2S/c1-15(2)14-25(18-5-3-16(21)4-6-18)28(26,27)19-7-8-20(23-13-19)24-17-9-11-22-12-10-17/h3-8,13,15,17,22H,9-12,14H2,1-2H3,(H,23,24).